The lowest BCUT2D eigenvalue weighted by Gasteiger charge is -2.15. The van der Waals surface area contributed by atoms with E-state index in [0.717, 1.165) is 11.6 Å². The summed E-state index contributed by atoms with van der Waals surface area (Å²) < 4.78 is 50.6. The van der Waals surface area contributed by atoms with E-state index in [2.05, 4.69) is 15.3 Å². The van der Waals surface area contributed by atoms with Gasteiger partial charge in [0.2, 0.25) is 5.89 Å². The second-order valence-corrected chi connectivity index (χ2v) is 7.94. The van der Waals surface area contributed by atoms with Gasteiger partial charge in [0.25, 0.3) is 5.91 Å². The summed E-state index contributed by atoms with van der Waals surface area (Å²) in [5, 5.41) is 12.8. The fourth-order valence-electron chi connectivity index (χ4n) is 3.80. The monoisotopic (exact) mass is 500 g/mol. The summed E-state index contributed by atoms with van der Waals surface area (Å²) in [5.41, 5.74) is 5.81. The predicted octanol–water partition coefficient (Wildman–Crippen LogP) is 3.71. The zero-order chi connectivity index (χ0) is 25.9. The van der Waals surface area contributed by atoms with Crippen molar-refractivity contribution in [1.82, 2.24) is 15.3 Å². The second kappa shape index (κ2) is 10.3. The van der Waals surface area contributed by atoms with Gasteiger partial charge in [-0.3, -0.25) is 4.79 Å². The number of nitrogens with two attached hydrogens (primary N) is 1. The number of aliphatic hydroxyl groups is 1. The molecule has 0 unspecified atom stereocenters. The summed E-state index contributed by atoms with van der Waals surface area (Å²) in [6, 6.07) is 13.8. The van der Waals surface area contributed by atoms with Gasteiger partial charge in [0, 0.05) is 10.9 Å². The molecule has 4 N–H and O–H groups in total. The Hall–Kier alpha value is -3.96. The van der Waals surface area contributed by atoms with Gasteiger partial charge in [0.1, 0.15) is 17.0 Å². The zero-order valence-corrected chi connectivity index (χ0v) is 19.2. The first-order valence-corrected chi connectivity index (χ1v) is 11.0. The largest absolute Gasteiger partial charge is 0.494 e. The number of nitrogens with zero attached hydrogens (tertiary/aromatic N) is 2. The van der Waals surface area contributed by atoms with E-state index in [4.69, 9.17) is 14.9 Å². The summed E-state index contributed by atoms with van der Waals surface area (Å²) >= 11 is 0. The van der Waals surface area contributed by atoms with Crippen LogP contribution < -0.4 is 15.8 Å². The number of fused-ring (bicyclic) bond motifs is 1. The fourth-order valence-corrected chi connectivity index (χ4v) is 3.80. The molecular weight excluding hydrogens is 477 g/mol. The molecule has 2 aromatic carbocycles. The van der Waals surface area contributed by atoms with Crippen molar-refractivity contribution >= 4 is 16.8 Å². The van der Waals surface area contributed by atoms with Gasteiger partial charge in [0.15, 0.2) is 11.5 Å². The predicted molar refractivity (Wildman–Crippen MR) is 125 cm³/mol. The molecule has 1 atom stereocenters. The average Bonchev–Trinajstić information content (AvgIpc) is 3.31. The Morgan fingerprint density at radius 1 is 1.14 bits per heavy atom. The first-order valence-electron chi connectivity index (χ1n) is 11.0. The van der Waals surface area contributed by atoms with Gasteiger partial charge in [-0.25, -0.2) is 9.97 Å². The van der Waals surface area contributed by atoms with Crippen LogP contribution in [0.1, 0.15) is 27.5 Å². The van der Waals surface area contributed by atoms with Crippen molar-refractivity contribution in [2.75, 3.05) is 13.7 Å². The highest BCUT2D eigenvalue weighted by Crippen LogP contribution is 2.36. The van der Waals surface area contributed by atoms with E-state index in [1.165, 1.54) is 19.2 Å². The van der Waals surface area contributed by atoms with E-state index in [-0.39, 0.29) is 47.1 Å². The van der Waals surface area contributed by atoms with Crippen LogP contribution in [0.2, 0.25) is 0 Å². The number of pyridine rings is 1. The van der Waals surface area contributed by atoms with Crippen molar-refractivity contribution < 1.29 is 32.2 Å². The number of aromatic nitrogens is 2. The summed E-state index contributed by atoms with van der Waals surface area (Å²) in [5.74, 6) is -0.396. The highest BCUT2D eigenvalue weighted by molar-refractivity contribution is 5.98. The topological polar surface area (TPSA) is 124 Å². The van der Waals surface area contributed by atoms with Crippen molar-refractivity contribution in [2.45, 2.75) is 25.2 Å². The molecule has 1 amide bonds. The van der Waals surface area contributed by atoms with Crippen LogP contribution in [0.3, 0.4) is 0 Å². The Kier molecular flexibility index (Phi) is 7.22. The molecule has 0 fully saturated rings. The number of oxazole rings is 1. The van der Waals surface area contributed by atoms with Crippen LogP contribution in [-0.2, 0) is 19.1 Å². The minimum atomic E-state index is -4.64. The number of carbonyl (C=O) groups excluding carboxylic acids is 1. The zero-order valence-electron chi connectivity index (χ0n) is 19.2. The number of halogens is 3. The third-order valence-electron chi connectivity index (χ3n) is 5.54. The first-order chi connectivity index (χ1) is 17.2. The number of nitrogens with one attached hydrogen (secondary N) is 1. The maximum absolute atomic E-state index is 13.2. The van der Waals surface area contributed by atoms with Gasteiger partial charge >= 0.3 is 6.18 Å². The fraction of sp³-hybridized carbons (Fsp3) is 0.240. The molecule has 0 bridgehead atoms. The minimum absolute atomic E-state index is 0.0154. The van der Waals surface area contributed by atoms with E-state index in [1.807, 2.05) is 30.3 Å². The van der Waals surface area contributed by atoms with Crippen molar-refractivity contribution in [2.24, 2.45) is 5.73 Å². The van der Waals surface area contributed by atoms with Crippen LogP contribution in [0.5, 0.6) is 5.75 Å². The van der Waals surface area contributed by atoms with Crippen molar-refractivity contribution in [3.63, 3.8) is 0 Å². The van der Waals surface area contributed by atoms with Crippen molar-refractivity contribution in [3.05, 3.63) is 77.3 Å². The number of ether oxygens (including phenoxy) is 1. The van der Waals surface area contributed by atoms with Gasteiger partial charge < -0.3 is 25.3 Å². The van der Waals surface area contributed by atoms with Crippen LogP contribution in [0.25, 0.3) is 22.4 Å². The minimum Gasteiger partial charge on any atom is -0.494 e. The molecule has 2 heterocycles. The maximum atomic E-state index is 13.2. The highest BCUT2D eigenvalue weighted by Gasteiger charge is 2.33. The molecule has 0 radical (unpaired) electrons. The van der Waals surface area contributed by atoms with Crippen molar-refractivity contribution in [1.29, 1.82) is 0 Å². The smallest absolute Gasteiger partial charge is 0.433 e. The number of benzene rings is 2. The highest BCUT2D eigenvalue weighted by atomic mass is 19.4. The normalized spacial score (nSPS) is 12.5. The van der Waals surface area contributed by atoms with Gasteiger partial charge in [-0.2, -0.15) is 13.2 Å². The average molecular weight is 500 g/mol. The quantitative estimate of drug-likeness (QED) is 0.337. The number of alkyl halides is 3. The van der Waals surface area contributed by atoms with Crippen molar-refractivity contribution in [3.8, 4) is 17.2 Å². The second-order valence-electron chi connectivity index (χ2n) is 7.94. The molecule has 188 valence electrons. The number of hydrogen-bond donors (Lipinski definition) is 3. The number of aliphatic hydroxyl groups excluding tert-OH is 1. The van der Waals surface area contributed by atoms with E-state index in [9.17, 15) is 23.1 Å². The summed E-state index contributed by atoms with van der Waals surface area (Å²) in [7, 11) is 1.32. The number of carbonyl (C=O) groups is 1. The Balaban J connectivity index is 1.69. The molecule has 4 rings (SSSR count). The third kappa shape index (κ3) is 5.16. The first kappa shape index (κ1) is 25.1. The lowest BCUT2D eigenvalue weighted by Crippen LogP contribution is -2.39. The molecule has 4 aromatic rings. The maximum Gasteiger partial charge on any atom is 0.433 e. The molecule has 11 heteroatoms. The van der Waals surface area contributed by atoms with Crippen LogP contribution in [0, 0.1) is 0 Å². The van der Waals surface area contributed by atoms with Crippen LogP contribution in [0.15, 0.2) is 59.0 Å². The molecule has 0 saturated heterocycles. The molecule has 8 nitrogen and oxygen atoms in total. The Bertz CT molecular complexity index is 1370. The molecule has 36 heavy (non-hydrogen) atoms. The van der Waals surface area contributed by atoms with Gasteiger partial charge in [0.05, 0.1) is 26.3 Å². The Morgan fingerprint density at radius 3 is 2.53 bits per heavy atom. The van der Waals surface area contributed by atoms with E-state index in [1.54, 1.807) is 6.07 Å². The Morgan fingerprint density at radius 2 is 1.89 bits per heavy atom. The molecule has 2 aromatic heterocycles. The number of amides is 1. The van der Waals surface area contributed by atoms with Crippen LogP contribution >= 0.6 is 0 Å². The molecule has 0 aliphatic heterocycles. The molecule has 0 spiro atoms. The lowest BCUT2D eigenvalue weighted by atomic mass is 10.1. The number of methoxy groups -OCH3 is 1. The standard InChI is InChI=1S/C25H23F3N4O4/c1-35-18-9-7-17(16-8-10-20(25(26,27)28)31-21(16)18)24-32-22(19(12-29)36-24)23(34)30-15(13-33)11-14-5-3-2-4-6-14/h2-10,15,33H,11-13,29H2,1H3,(H,30,34)/t15-/m1/s1. The molecule has 0 aliphatic rings. The van der Waals surface area contributed by atoms with Crippen LogP contribution in [-0.4, -0.2) is 40.7 Å². The van der Waals surface area contributed by atoms with E-state index < -0.39 is 23.8 Å². The summed E-state index contributed by atoms with van der Waals surface area (Å²) in [4.78, 5) is 21.0. The van der Waals surface area contributed by atoms with Gasteiger partial charge in [-0.05, 0) is 36.2 Å². The number of rotatable bonds is 8. The number of hydrogen-bond acceptors (Lipinski definition) is 7. The third-order valence-corrected chi connectivity index (χ3v) is 5.54. The van der Waals surface area contributed by atoms with E-state index >= 15 is 0 Å². The summed E-state index contributed by atoms with van der Waals surface area (Å²) in [6.45, 7) is -0.456. The molecule has 0 aliphatic carbocycles. The summed E-state index contributed by atoms with van der Waals surface area (Å²) in [6.07, 6.45) is -4.25. The van der Waals surface area contributed by atoms with Gasteiger partial charge in [-0.1, -0.05) is 30.3 Å². The lowest BCUT2D eigenvalue weighted by molar-refractivity contribution is -0.140. The SMILES string of the molecule is COc1ccc(-c2nc(C(=O)N[C@@H](CO)Cc3ccccc3)c(CN)o2)c2ccc(C(F)(F)F)nc12. The Labute approximate surface area is 203 Å². The molecule has 0 saturated carbocycles. The van der Waals surface area contributed by atoms with Gasteiger partial charge in [-0.15, -0.1) is 0 Å². The van der Waals surface area contributed by atoms with Crippen LogP contribution in [0.4, 0.5) is 13.2 Å². The molecular formula is C25H23F3N4O4. The van der Waals surface area contributed by atoms with E-state index in [0.29, 0.717) is 12.0 Å².